The van der Waals surface area contributed by atoms with Gasteiger partial charge in [0.05, 0.1) is 47.4 Å². The third-order valence-corrected chi connectivity index (χ3v) is 5.97. The molecule has 0 spiro atoms. The fourth-order valence-electron chi connectivity index (χ4n) is 3.94. The van der Waals surface area contributed by atoms with Crippen LogP contribution in [0.5, 0.6) is 0 Å². The summed E-state index contributed by atoms with van der Waals surface area (Å²) in [5.74, 6) is -0.500. The third-order valence-electron chi connectivity index (χ3n) is 5.60. The molecule has 3 aromatic rings. The Bertz CT molecular complexity index is 1410. The van der Waals surface area contributed by atoms with Gasteiger partial charge >= 0.3 is 6.18 Å². The standard InChI is InChI=1S/C23H17F3N6OS/c1-22(2)20(33)31(16-5-4-14(12-28)18(11-16)23(24,25)26)21(34)32(22)17-6-7-19-15(10-17)13-30(29-19)9-3-8-27/h4-7,10-11,13H,3,9H2,1-2H3. The second-order valence-electron chi connectivity index (χ2n) is 8.20. The van der Waals surface area contributed by atoms with Gasteiger partial charge in [-0.1, -0.05) is 0 Å². The Morgan fingerprint density at radius 2 is 1.82 bits per heavy atom. The van der Waals surface area contributed by atoms with Crippen LogP contribution in [0.3, 0.4) is 0 Å². The highest BCUT2D eigenvalue weighted by atomic mass is 32.1. The van der Waals surface area contributed by atoms with Crippen molar-refractivity contribution >= 4 is 45.5 Å². The minimum absolute atomic E-state index is 0.0176. The number of aromatic nitrogens is 2. The van der Waals surface area contributed by atoms with Gasteiger partial charge in [0.1, 0.15) is 5.54 Å². The molecule has 1 aliphatic rings. The molecule has 34 heavy (non-hydrogen) atoms. The lowest BCUT2D eigenvalue weighted by Crippen LogP contribution is -2.44. The lowest BCUT2D eigenvalue weighted by molar-refractivity contribution is -0.137. The van der Waals surface area contributed by atoms with Crippen LogP contribution >= 0.6 is 12.2 Å². The first kappa shape index (κ1) is 23.2. The van der Waals surface area contributed by atoms with Crippen molar-refractivity contribution in [1.82, 2.24) is 9.78 Å². The summed E-state index contributed by atoms with van der Waals surface area (Å²) < 4.78 is 42.1. The molecule has 1 amide bonds. The monoisotopic (exact) mass is 482 g/mol. The summed E-state index contributed by atoms with van der Waals surface area (Å²) in [5, 5.41) is 23.0. The van der Waals surface area contributed by atoms with E-state index in [4.69, 9.17) is 22.7 Å². The molecule has 2 heterocycles. The van der Waals surface area contributed by atoms with Crippen molar-refractivity contribution in [2.45, 2.75) is 38.5 Å². The van der Waals surface area contributed by atoms with Crippen molar-refractivity contribution < 1.29 is 18.0 Å². The molecular formula is C23H17F3N6OS. The van der Waals surface area contributed by atoms with Crippen LogP contribution in [0, 0.1) is 22.7 Å². The van der Waals surface area contributed by atoms with Crippen molar-refractivity contribution in [2.75, 3.05) is 9.80 Å². The maximum absolute atomic E-state index is 13.5. The molecule has 0 bridgehead atoms. The number of benzene rings is 2. The van der Waals surface area contributed by atoms with Gasteiger partial charge < -0.3 is 4.90 Å². The number of aryl methyl sites for hydroxylation is 1. The first-order valence-corrected chi connectivity index (χ1v) is 10.5. The maximum Gasteiger partial charge on any atom is 0.417 e. The summed E-state index contributed by atoms with van der Waals surface area (Å²) in [6.45, 7) is 3.70. The van der Waals surface area contributed by atoms with E-state index in [1.807, 2.05) is 0 Å². The molecule has 2 aromatic carbocycles. The van der Waals surface area contributed by atoms with Crippen molar-refractivity contribution in [1.29, 1.82) is 10.5 Å². The molecule has 4 rings (SSSR count). The Balaban J connectivity index is 1.76. The SMILES string of the molecule is CC1(C)C(=O)N(c2ccc(C#N)c(C(F)(F)F)c2)C(=S)N1c1ccc2nn(CCC#N)cc2c1. The van der Waals surface area contributed by atoms with Crippen LogP contribution in [0.15, 0.2) is 42.6 Å². The molecular weight excluding hydrogens is 465 g/mol. The van der Waals surface area contributed by atoms with Gasteiger partial charge in [0.25, 0.3) is 5.91 Å². The number of anilines is 2. The van der Waals surface area contributed by atoms with Crippen LogP contribution in [-0.4, -0.2) is 26.3 Å². The van der Waals surface area contributed by atoms with Gasteiger partial charge in [-0.25, -0.2) is 0 Å². The quantitative estimate of drug-likeness (QED) is 0.499. The zero-order valence-electron chi connectivity index (χ0n) is 18.1. The van der Waals surface area contributed by atoms with Crippen LogP contribution in [0.25, 0.3) is 10.9 Å². The van der Waals surface area contributed by atoms with E-state index in [0.717, 1.165) is 22.4 Å². The number of carbonyl (C=O) groups is 1. The van der Waals surface area contributed by atoms with Gasteiger partial charge in [0.15, 0.2) is 5.11 Å². The Hall–Kier alpha value is -3.96. The number of alkyl halides is 3. The minimum atomic E-state index is -4.77. The first-order chi connectivity index (χ1) is 16.0. The zero-order chi connectivity index (χ0) is 24.8. The topological polar surface area (TPSA) is 88.9 Å². The van der Waals surface area contributed by atoms with Crippen LogP contribution in [0.2, 0.25) is 0 Å². The van der Waals surface area contributed by atoms with E-state index in [-0.39, 0.29) is 10.8 Å². The van der Waals surface area contributed by atoms with Crippen molar-refractivity contribution in [3.63, 3.8) is 0 Å². The van der Waals surface area contributed by atoms with Gasteiger partial charge in [-0.2, -0.15) is 28.8 Å². The van der Waals surface area contributed by atoms with Crippen LogP contribution in [0.4, 0.5) is 24.5 Å². The summed E-state index contributed by atoms with van der Waals surface area (Å²) in [6, 6.07) is 11.9. The molecule has 7 nitrogen and oxygen atoms in total. The second-order valence-corrected chi connectivity index (χ2v) is 8.57. The summed E-state index contributed by atoms with van der Waals surface area (Å²) >= 11 is 5.56. The van der Waals surface area contributed by atoms with Crippen molar-refractivity contribution in [3.8, 4) is 12.1 Å². The van der Waals surface area contributed by atoms with E-state index < -0.39 is 28.7 Å². The Morgan fingerprint density at radius 1 is 1.12 bits per heavy atom. The van der Waals surface area contributed by atoms with Gasteiger partial charge in [0.2, 0.25) is 0 Å². The largest absolute Gasteiger partial charge is 0.417 e. The third kappa shape index (κ3) is 3.74. The second kappa shape index (κ2) is 8.12. The number of hydrogen-bond donors (Lipinski definition) is 0. The smallest absolute Gasteiger partial charge is 0.304 e. The van der Waals surface area contributed by atoms with Gasteiger partial charge in [-0.15, -0.1) is 0 Å². The average molecular weight is 482 g/mol. The summed E-state index contributed by atoms with van der Waals surface area (Å²) in [5.41, 5.74) is -1.66. The molecule has 0 saturated carbocycles. The molecule has 1 aromatic heterocycles. The summed E-state index contributed by atoms with van der Waals surface area (Å²) in [7, 11) is 0. The number of nitriles is 2. The number of fused-ring (bicyclic) bond motifs is 1. The lowest BCUT2D eigenvalue weighted by Gasteiger charge is -2.29. The summed E-state index contributed by atoms with van der Waals surface area (Å²) in [4.78, 5) is 16.0. The van der Waals surface area contributed by atoms with Crippen LogP contribution in [0.1, 0.15) is 31.4 Å². The number of nitrogens with zero attached hydrogens (tertiary/aromatic N) is 6. The number of carbonyl (C=O) groups excluding carboxylic acids is 1. The molecule has 0 unspecified atom stereocenters. The predicted octanol–water partition coefficient (Wildman–Crippen LogP) is 4.76. The van der Waals surface area contributed by atoms with E-state index >= 15 is 0 Å². The number of halogens is 3. The minimum Gasteiger partial charge on any atom is -0.304 e. The zero-order valence-corrected chi connectivity index (χ0v) is 18.9. The van der Waals surface area contributed by atoms with Crippen LogP contribution in [-0.2, 0) is 17.5 Å². The Morgan fingerprint density at radius 3 is 2.47 bits per heavy atom. The normalized spacial score (nSPS) is 15.6. The number of hydrogen-bond acceptors (Lipinski definition) is 5. The van der Waals surface area contributed by atoms with E-state index in [9.17, 15) is 18.0 Å². The molecule has 0 atom stereocenters. The molecule has 0 radical (unpaired) electrons. The van der Waals surface area contributed by atoms with E-state index in [0.29, 0.717) is 24.2 Å². The molecule has 0 aliphatic carbocycles. The highest BCUT2D eigenvalue weighted by molar-refractivity contribution is 7.81. The first-order valence-electron chi connectivity index (χ1n) is 10.1. The Labute approximate surface area is 198 Å². The Kier molecular flexibility index (Phi) is 5.54. The fourth-order valence-corrected chi connectivity index (χ4v) is 4.46. The molecule has 1 aliphatic heterocycles. The molecule has 1 fully saturated rings. The van der Waals surface area contributed by atoms with Gasteiger partial charge in [-0.3, -0.25) is 14.4 Å². The number of thiocarbonyl (C=S) groups is 1. The molecule has 11 heteroatoms. The average Bonchev–Trinajstić information content (AvgIpc) is 3.26. The van der Waals surface area contributed by atoms with Crippen molar-refractivity contribution in [2.24, 2.45) is 0 Å². The summed E-state index contributed by atoms with van der Waals surface area (Å²) in [6.07, 6.45) is -2.69. The number of amides is 1. The number of rotatable bonds is 4. The van der Waals surface area contributed by atoms with E-state index in [2.05, 4.69) is 11.2 Å². The molecule has 0 N–H and O–H groups in total. The predicted molar refractivity (Wildman–Crippen MR) is 123 cm³/mol. The highest BCUT2D eigenvalue weighted by Crippen LogP contribution is 2.40. The maximum atomic E-state index is 13.5. The lowest BCUT2D eigenvalue weighted by atomic mass is 10.0. The molecule has 1 saturated heterocycles. The van der Waals surface area contributed by atoms with Gasteiger partial charge in [-0.05, 0) is 62.5 Å². The van der Waals surface area contributed by atoms with E-state index in [1.54, 1.807) is 47.8 Å². The van der Waals surface area contributed by atoms with Crippen molar-refractivity contribution in [3.05, 3.63) is 53.7 Å². The van der Waals surface area contributed by atoms with Crippen LogP contribution < -0.4 is 9.80 Å². The van der Waals surface area contributed by atoms with E-state index in [1.165, 1.54) is 12.1 Å². The highest BCUT2D eigenvalue weighted by Gasteiger charge is 2.50. The molecule has 172 valence electrons. The fraction of sp³-hybridized carbons (Fsp3) is 0.261. The van der Waals surface area contributed by atoms with Gasteiger partial charge in [0, 0.05) is 17.3 Å².